The lowest BCUT2D eigenvalue weighted by Crippen LogP contribution is -2.20. The van der Waals surface area contributed by atoms with E-state index in [1.807, 2.05) is 30.3 Å². The van der Waals surface area contributed by atoms with Crippen molar-refractivity contribution in [3.8, 4) is 11.5 Å². The molecule has 0 radical (unpaired) electrons. The molecule has 0 spiro atoms. The summed E-state index contributed by atoms with van der Waals surface area (Å²) in [6, 6.07) is 12.1. The van der Waals surface area contributed by atoms with E-state index in [1.54, 1.807) is 7.11 Å². The van der Waals surface area contributed by atoms with E-state index in [0.29, 0.717) is 6.61 Å². The van der Waals surface area contributed by atoms with Crippen molar-refractivity contribution in [3.63, 3.8) is 0 Å². The summed E-state index contributed by atoms with van der Waals surface area (Å²) < 4.78 is 11.5. The van der Waals surface area contributed by atoms with E-state index in [4.69, 9.17) is 21.1 Å². The zero-order chi connectivity index (χ0) is 16.9. The SMILES string of the molecule is COc1ccccc1CCOc1ccc(Cl)c2c1CCN(C)CC2. The van der Waals surface area contributed by atoms with Crippen LogP contribution < -0.4 is 9.47 Å². The number of methoxy groups -OCH3 is 1. The highest BCUT2D eigenvalue weighted by atomic mass is 35.5. The van der Waals surface area contributed by atoms with Gasteiger partial charge in [-0.2, -0.15) is 0 Å². The summed E-state index contributed by atoms with van der Waals surface area (Å²) in [5.74, 6) is 1.89. The maximum absolute atomic E-state index is 6.41. The first-order valence-electron chi connectivity index (χ1n) is 8.42. The van der Waals surface area contributed by atoms with Crippen molar-refractivity contribution in [2.75, 3.05) is 33.9 Å². The molecule has 1 aliphatic heterocycles. The van der Waals surface area contributed by atoms with Crippen molar-refractivity contribution in [1.29, 1.82) is 0 Å². The maximum Gasteiger partial charge on any atom is 0.122 e. The van der Waals surface area contributed by atoms with Crippen LogP contribution in [-0.4, -0.2) is 38.8 Å². The van der Waals surface area contributed by atoms with Crippen molar-refractivity contribution in [2.24, 2.45) is 0 Å². The van der Waals surface area contributed by atoms with Gasteiger partial charge in [0.2, 0.25) is 0 Å². The summed E-state index contributed by atoms with van der Waals surface area (Å²) in [6.07, 6.45) is 2.78. The fourth-order valence-corrected chi connectivity index (χ4v) is 3.49. The third-order valence-corrected chi connectivity index (χ3v) is 4.99. The molecule has 1 heterocycles. The highest BCUT2D eigenvalue weighted by molar-refractivity contribution is 6.31. The normalized spacial score (nSPS) is 14.8. The third kappa shape index (κ3) is 3.85. The van der Waals surface area contributed by atoms with Gasteiger partial charge in [-0.25, -0.2) is 0 Å². The Morgan fingerprint density at radius 2 is 1.75 bits per heavy atom. The lowest BCUT2D eigenvalue weighted by Gasteiger charge is -2.15. The molecular formula is C20H24ClNO2. The molecule has 0 aromatic heterocycles. The highest BCUT2D eigenvalue weighted by Gasteiger charge is 2.18. The number of hydrogen-bond acceptors (Lipinski definition) is 3. The second-order valence-electron chi connectivity index (χ2n) is 6.22. The molecule has 0 fully saturated rings. The van der Waals surface area contributed by atoms with Gasteiger partial charge in [-0.05, 0) is 49.2 Å². The molecule has 0 amide bonds. The molecule has 0 unspecified atom stereocenters. The first-order valence-corrected chi connectivity index (χ1v) is 8.80. The van der Waals surface area contributed by atoms with Crippen molar-refractivity contribution in [1.82, 2.24) is 4.90 Å². The summed E-state index contributed by atoms with van der Waals surface area (Å²) in [5, 5.41) is 0.859. The number of ether oxygens (including phenoxy) is 2. The number of benzene rings is 2. The van der Waals surface area contributed by atoms with Crippen molar-refractivity contribution in [3.05, 3.63) is 58.1 Å². The standard InChI is InChI=1S/C20H24ClNO2/c1-22-12-9-16-17(10-13-22)20(8-7-18(16)21)24-14-11-15-5-3-4-6-19(15)23-2/h3-8H,9-14H2,1-2H3. The van der Waals surface area contributed by atoms with E-state index in [9.17, 15) is 0 Å². The number of fused-ring (bicyclic) bond motifs is 1. The third-order valence-electron chi connectivity index (χ3n) is 4.64. The predicted octanol–water partition coefficient (Wildman–Crippen LogP) is 4.00. The second kappa shape index (κ2) is 7.91. The Balaban J connectivity index is 1.72. The minimum absolute atomic E-state index is 0.629. The fourth-order valence-electron chi connectivity index (χ4n) is 3.22. The number of rotatable bonds is 5. The van der Waals surface area contributed by atoms with E-state index in [2.05, 4.69) is 18.0 Å². The Morgan fingerprint density at radius 3 is 2.54 bits per heavy atom. The van der Waals surface area contributed by atoms with Crippen LogP contribution in [0.2, 0.25) is 5.02 Å². The van der Waals surface area contributed by atoms with Crippen LogP contribution in [0, 0.1) is 0 Å². The Morgan fingerprint density at radius 1 is 1.00 bits per heavy atom. The molecule has 24 heavy (non-hydrogen) atoms. The molecule has 2 aromatic rings. The summed E-state index contributed by atoms with van der Waals surface area (Å²) in [5.41, 5.74) is 3.68. The van der Waals surface area contributed by atoms with Gasteiger partial charge in [-0.15, -0.1) is 0 Å². The zero-order valence-electron chi connectivity index (χ0n) is 14.3. The lowest BCUT2D eigenvalue weighted by molar-refractivity contribution is 0.313. The molecule has 0 saturated carbocycles. The molecule has 0 bridgehead atoms. The summed E-state index contributed by atoms with van der Waals surface area (Å²) in [7, 11) is 3.86. The first kappa shape index (κ1) is 17.1. The van der Waals surface area contributed by atoms with Crippen LogP contribution in [0.4, 0.5) is 0 Å². The van der Waals surface area contributed by atoms with E-state index in [1.165, 1.54) is 16.7 Å². The van der Waals surface area contributed by atoms with Gasteiger partial charge in [0.15, 0.2) is 0 Å². The van der Waals surface area contributed by atoms with Gasteiger partial charge >= 0.3 is 0 Å². The number of likely N-dealkylation sites (N-methyl/N-ethyl adjacent to an activating group) is 1. The van der Waals surface area contributed by atoms with E-state index >= 15 is 0 Å². The molecule has 1 aliphatic rings. The topological polar surface area (TPSA) is 21.7 Å². The Hall–Kier alpha value is -1.71. The number of hydrogen-bond donors (Lipinski definition) is 0. The zero-order valence-corrected chi connectivity index (χ0v) is 15.1. The van der Waals surface area contributed by atoms with Crippen LogP contribution >= 0.6 is 11.6 Å². The van der Waals surface area contributed by atoms with Gasteiger partial charge in [-0.3, -0.25) is 0 Å². The summed E-state index contributed by atoms with van der Waals surface area (Å²) in [4.78, 5) is 2.34. The smallest absolute Gasteiger partial charge is 0.122 e. The number of halogens is 1. The molecule has 4 heteroatoms. The molecule has 0 N–H and O–H groups in total. The van der Waals surface area contributed by atoms with Gasteiger partial charge in [0.05, 0.1) is 13.7 Å². The number of para-hydroxylation sites is 1. The monoisotopic (exact) mass is 345 g/mol. The van der Waals surface area contributed by atoms with E-state index in [-0.39, 0.29) is 0 Å². The molecule has 3 rings (SSSR count). The predicted molar refractivity (Wildman–Crippen MR) is 98.6 cm³/mol. The van der Waals surface area contributed by atoms with E-state index in [0.717, 1.165) is 48.9 Å². The van der Waals surface area contributed by atoms with Gasteiger partial charge in [0.1, 0.15) is 11.5 Å². The summed E-state index contributed by atoms with van der Waals surface area (Å²) in [6.45, 7) is 2.71. The van der Waals surface area contributed by atoms with Gasteiger partial charge < -0.3 is 14.4 Å². The van der Waals surface area contributed by atoms with Gasteiger partial charge in [0.25, 0.3) is 0 Å². The van der Waals surface area contributed by atoms with Crippen LogP contribution in [0.15, 0.2) is 36.4 Å². The summed E-state index contributed by atoms with van der Waals surface area (Å²) >= 11 is 6.41. The largest absolute Gasteiger partial charge is 0.496 e. The average molecular weight is 346 g/mol. The Labute approximate surface area is 149 Å². The maximum atomic E-state index is 6.41. The molecular weight excluding hydrogens is 322 g/mol. The van der Waals surface area contributed by atoms with Crippen molar-refractivity contribution >= 4 is 11.6 Å². The van der Waals surface area contributed by atoms with Crippen LogP contribution in [0.1, 0.15) is 16.7 Å². The van der Waals surface area contributed by atoms with Crippen LogP contribution in [0.3, 0.4) is 0 Å². The van der Waals surface area contributed by atoms with Crippen molar-refractivity contribution in [2.45, 2.75) is 19.3 Å². The second-order valence-corrected chi connectivity index (χ2v) is 6.62. The quantitative estimate of drug-likeness (QED) is 0.817. The average Bonchev–Trinajstić information content (AvgIpc) is 2.80. The van der Waals surface area contributed by atoms with Gasteiger partial charge in [0, 0.05) is 30.1 Å². The van der Waals surface area contributed by atoms with Crippen LogP contribution in [0.5, 0.6) is 11.5 Å². The highest BCUT2D eigenvalue weighted by Crippen LogP contribution is 2.32. The number of nitrogens with zero attached hydrogens (tertiary/aromatic N) is 1. The molecule has 0 aliphatic carbocycles. The van der Waals surface area contributed by atoms with Crippen LogP contribution in [0.25, 0.3) is 0 Å². The molecule has 0 atom stereocenters. The lowest BCUT2D eigenvalue weighted by atomic mass is 10.0. The minimum Gasteiger partial charge on any atom is -0.496 e. The minimum atomic E-state index is 0.629. The first-order chi connectivity index (χ1) is 11.7. The van der Waals surface area contributed by atoms with Crippen molar-refractivity contribution < 1.29 is 9.47 Å². The van der Waals surface area contributed by atoms with Gasteiger partial charge in [-0.1, -0.05) is 29.8 Å². The van der Waals surface area contributed by atoms with Crippen LogP contribution in [-0.2, 0) is 19.3 Å². The molecule has 0 saturated heterocycles. The molecule has 128 valence electrons. The Bertz CT molecular complexity index is 702. The Kier molecular flexibility index (Phi) is 5.64. The molecule has 2 aromatic carbocycles. The fraction of sp³-hybridized carbons (Fsp3) is 0.400. The molecule has 3 nitrogen and oxygen atoms in total. The van der Waals surface area contributed by atoms with E-state index < -0.39 is 0 Å².